The van der Waals surface area contributed by atoms with E-state index in [1.165, 1.54) is 0 Å². The molecule has 0 aliphatic carbocycles. The summed E-state index contributed by atoms with van der Waals surface area (Å²) in [4.78, 5) is 12.0. The van der Waals surface area contributed by atoms with E-state index in [0.29, 0.717) is 6.61 Å². The SMILES string of the molecule is CCC(CC)C(=O)Nc1ccccc1COC. The fourth-order valence-corrected chi connectivity index (χ4v) is 1.82. The quantitative estimate of drug-likeness (QED) is 0.822. The summed E-state index contributed by atoms with van der Waals surface area (Å²) in [5.41, 5.74) is 1.86. The second-order valence-electron chi connectivity index (χ2n) is 4.09. The molecule has 0 spiro atoms. The largest absolute Gasteiger partial charge is 0.380 e. The van der Waals surface area contributed by atoms with Crippen molar-refractivity contribution in [3.05, 3.63) is 29.8 Å². The number of anilines is 1. The number of methoxy groups -OCH3 is 1. The molecule has 94 valence electrons. The van der Waals surface area contributed by atoms with Gasteiger partial charge in [-0.1, -0.05) is 32.0 Å². The van der Waals surface area contributed by atoms with Crippen LogP contribution in [0.15, 0.2) is 24.3 Å². The van der Waals surface area contributed by atoms with Crippen LogP contribution < -0.4 is 5.32 Å². The second-order valence-corrected chi connectivity index (χ2v) is 4.09. The molecule has 1 amide bonds. The molecule has 0 fully saturated rings. The minimum Gasteiger partial charge on any atom is -0.380 e. The van der Waals surface area contributed by atoms with E-state index in [0.717, 1.165) is 24.1 Å². The minimum absolute atomic E-state index is 0.0885. The molecule has 1 N–H and O–H groups in total. The Morgan fingerprint density at radius 1 is 1.29 bits per heavy atom. The maximum atomic E-state index is 12.0. The Morgan fingerprint density at radius 2 is 1.94 bits per heavy atom. The Labute approximate surface area is 103 Å². The number of rotatable bonds is 6. The third-order valence-electron chi connectivity index (χ3n) is 2.93. The number of para-hydroxylation sites is 1. The molecule has 0 atom stereocenters. The van der Waals surface area contributed by atoms with Crippen molar-refractivity contribution < 1.29 is 9.53 Å². The smallest absolute Gasteiger partial charge is 0.227 e. The van der Waals surface area contributed by atoms with Crippen molar-refractivity contribution in [3.63, 3.8) is 0 Å². The molecule has 0 aromatic heterocycles. The van der Waals surface area contributed by atoms with Crippen molar-refractivity contribution in [2.45, 2.75) is 33.3 Å². The Hall–Kier alpha value is -1.35. The lowest BCUT2D eigenvalue weighted by Crippen LogP contribution is -2.22. The van der Waals surface area contributed by atoms with Gasteiger partial charge in [-0.2, -0.15) is 0 Å². The van der Waals surface area contributed by atoms with Crippen LogP contribution in [0.4, 0.5) is 5.69 Å². The number of hydrogen-bond acceptors (Lipinski definition) is 2. The van der Waals surface area contributed by atoms with E-state index in [-0.39, 0.29) is 11.8 Å². The van der Waals surface area contributed by atoms with Crippen molar-refractivity contribution in [1.29, 1.82) is 0 Å². The lowest BCUT2D eigenvalue weighted by atomic mass is 10.0. The molecule has 0 aliphatic heterocycles. The average molecular weight is 235 g/mol. The fourth-order valence-electron chi connectivity index (χ4n) is 1.82. The van der Waals surface area contributed by atoms with Crippen molar-refractivity contribution in [2.24, 2.45) is 5.92 Å². The Bertz CT molecular complexity index is 359. The highest BCUT2D eigenvalue weighted by Crippen LogP contribution is 2.18. The zero-order valence-electron chi connectivity index (χ0n) is 10.8. The normalized spacial score (nSPS) is 10.6. The van der Waals surface area contributed by atoms with Gasteiger partial charge >= 0.3 is 0 Å². The molecule has 0 saturated heterocycles. The van der Waals surface area contributed by atoms with Crippen LogP contribution in [0.2, 0.25) is 0 Å². The molecule has 0 heterocycles. The number of nitrogens with one attached hydrogen (secondary N) is 1. The zero-order chi connectivity index (χ0) is 12.7. The van der Waals surface area contributed by atoms with Gasteiger partial charge in [0.25, 0.3) is 0 Å². The van der Waals surface area contributed by atoms with Crippen LogP contribution in [-0.2, 0) is 16.1 Å². The summed E-state index contributed by atoms with van der Waals surface area (Å²) < 4.78 is 5.11. The van der Waals surface area contributed by atoms with Gasteiger partial charge in [-0.25, -0.2) is 0 Å². The van der Waals surface area contributed by atoms with Gasteiger partial charge < -0.3 is 10.1 Å². The first kappa shape index (κ1) is 13.7. The lowest BCUT2D eigenvalue weighted by molar-refractivity contribution is -0.120. The summed E-state index contributed by atoms with van der Waals surface area (Å²) in [6.07, 6.45) is 1.74. The van der Waals surface area contributed by atoms with Crippen LogP contribution in [-0.4, -0.2) is 13.0 Å². The molecular weight excluding hydrogens is 214 g/mol. The van der Waals surface area contributed by atoms with E-state index in [2.05, 4.69) is 5.32 Å². The highest BCUT2D eigenvalue weighted by Gasteiger charge is 2.15. The van der Waals surface area contributed by atoms with Crippen molar-refractivity contribution in [2.75, 3.05) is 12.4 Å². The number of benzene rings is 1. The van der Waals surface area contributed by atoms with Crippen molar-refractivity contribution in [3.8, 4) is 0 Å². The molecule has 0 bridgehead atoms. The summed E-state index contributed by atoms with van der Waals surface area (Å²) in [5, 5.41) is 2.98. The van der Waals surface area contributed by atoms with Crippen molar-refractivity contribution in [1.82, 2.24) is 0 Å². The van der Waals surface area contributed by atoms with E-state index in [1.807, 2.05) is 38.1 Å². The number of hydrogen-bond donors (Lipinski definition) is 1. The molecule has 1 rings (SSSR count). The first-order chi connectivity index (χ1) is 8.22. The van der Waals surface area contributed by atoms with E-state index < -0.39 is 0 Å². The second kappa shape index (κ2) is 7.07. The minimum atomic E-state index is 0.0885. The van der Waals surface area contributed by atoms with E-state index in [1.54, 1.807) is 7.11 Å². The predicted octanol–water partition coefficient (Wildman–Crippen LogP) is 3.21. The number of carbonyl (C=O) groups excluding carboxylic acids is 1. The lowest BCUT2D eigenvalue weighted by Gasteiger charge is -2.15. The van der Waals surface area contributed by atoms with Gasteiger partial charge in [0.05, 0.1) is 6.61 Å². The van der Waals surface area contributed by atoms with Gasteiger partial charge in [0.1, 0.15) is 0 Å². The number of ether oxygens (including phenoxy) is 1. The maximum absolute atomic E-state index is 12.0. The predicted molar refractivity (Wildman–Crippen MR) is 69.9 cm³/mol. The van der Waals surface area contributed by atoms with E-state index >= 15 is 0 Å². The molecule has 3 heteroatoms. The van der Waals surface area contributed by atoms with Crippen LogP contribution in [0.25, 0.3) is 0 Å². The standard InChI is InChI=1S/C14H21NO2/c1-4-11(5-2)14(16)15-13-9-7-6-8-12(13)10-17-3/h6-9,11H,4-5,10H2,1-3H3,(H,15,16). The molecule has 0 aliphatic rings. The maximum Gasteiger partial charge on any atom is 0.227 e. The van der Waals surface area contributed by atoms with Gasteiger partial charge in [-0.05, 0) is 18.9 Å². The summed E-state index contributed by atoms with van der Waals surface area (Å²) in [6.45, 7) is 4.59. The molecule has 1 aromatic carbocycles. The molecule has 3 nitrogen and oxygen atoms in total. The topological polar surface area (TPSA) is 38.3 Å². The van der Waals surface area contributed by atoms with Gasteiger partial charge in [-0.15, -0.1) is 0 Å². The molecule has 17 heavy (non-hydrogen) atoms. The Kier molecular flexibility index (Phi) is 5.70. The van der Waals surface area contributed by atoms with Crippen molar-refractivity contribution >= 4 is 11.6 Å². The van der Waals surface area contributed by atoms with Gasteiger partial charge in [-0.3, -0.25) is 4.79 Å². The van der Waals surface area contributed by atoms with Gasteiger partial charge in [0.2, 0.25) is 5.91 Å². The van der Waals surface area contributed by atoms with Gasteiger partial charge in [0, 0.05) is 24.3 Å². The summed E-state index contributed by atoms with van der Waals surface area (Å²) in [6, 6.07) is 7.74. The summed E-state index contributed by atoms with van der Waals surface area (Å²) >= 11 is 0. The first-order valence-electron chi connectivity index (χ1n) is 6.10. The van der Waals surface area contributed by atoms with Crippen LogP contribution >= 0.6 is 0 Å². The third-order valence-corrected chi connectivity index (χ3v) is 2.93. The number of amides is 1. The fraction of sp³-hybridized carbons (Fsp3) is 0.500. The monoisotopic (exact) mass is 235 g/mol. The Balaban J connectivity index is 2.76. The molecule has 1 aromatic rings. The molecule has 0 saturated carbocycles. The first-order valence-corrected chi connectivity index (χ1v) is 6.10. The highest BCUT2D eigenvalue weighted by atomic mass is 16.5. The summed E-state index contributed by atoms with van der Waals surface area (Å²) in [7, 11) is 1.65. The molecular formula is C14H21NO2. The third kappa shape index (κ3) is 3.86. The van der Waals surface area contributed by atoms with Crippen LogP contribution in [0, 0.1) is 5.92 Å². The van der Waals surface area contributed by atoms with Crippen LogP contribution in [0.1, 0.15) is 32.3 Å². The van der Waals surface area contributed by atoms with Crippen LogP contribution in [0.5, 0.6) is 0 Å². The van der Waals surface area contributed by atoms with Gasteiger partial charge in [0.15, 0.2) is 0 Å². The van der Waals surface area contributed by atoms with Crippen LogP contribution in [0.3, 0.4) is 0 Å². The van der Waals surface area contributed by atoms with E-state index in [4.69, 9.17) is 4.74 Å². The zero-order valence-corrected chi connectivity index (χ0v) is 10.8. The highest BCUT2D eigenvalue weighted by molar-refractivity contribution is 5.93. The molecule has 0 unspecified atom stereocenters. The van der Waals surface area contributed by atoms with E-state index in [9.17, 15) is 4.79 Å². The summed E-state index contributed by atoms with van der Waals surface area (Å²) in [5.74, 6) is 0.184. The Morgan fingerprint density at radius 3 is 2.53 bits per heavy atom. The number of carbonyl (C=O) groups is 1. The molecule has 0 radical (unpaired) electrons. The average Bonchev–Trinajstić information content (AvgIpc) is 2.33.